The number of aromatic nitrogens is 1. The molecule has 1 aliphatic rings. The first-order valence-electron chi connectivity index (χ1n) is 5.15. The summed E-state index contributed by atoms with van der Waals surface area (Å²) in [6, 6.07) is 2.58. The molecule has 1 fully saturated rings. The van der Waals surface area contributed by atoms with Crippen molar-refractivity contribution in [2.24, 2.45) is 0 Å². The van der Waals surface area contributed by atoms with E-state index in [0.717, 1.165) is 25.5 Å². The highest BCUT2D eigenvalue weighted by Crippen LogP contribution is 2.32. The number of hydrogen-bond acceptors (Lipinski definition) is 2. The van der Waals surface area contributed by atoms with Gasteiger partial charge in [-0.2, -0.15) is 0 Å². The molecule has 0 saturated heterocycles. The second-order valence-electron chi connectivity index (χ2n) is 4.08. The Kier molecular flexibility index (Phi) is 3.10. The van der Waals surface area contributed by atoms with Crippen LogP contribution in [0.4, 0.5) is 4.39 Å². The monoisotopic (exact) mass is 242 g/mol. The first-order valence-corrected chi connectivity index (χ1v) is 5.69. The zero-order chi connectivity index (χ0) is 11.6. The first-order chi connectivity index (χ1) is 7.65. The fraction of sp³-hybridized carbons (Fsp3) is 0.455. The van der Waals surface area contributed by atoms with Gasteiger partial charge < -0.3 is 5.32 Å². The Labute approximate surface area is 98.0 Å². The van der Waals surface area contributed by atoms with E-state index in [2.05, 4.69) is 10.3 Å². The van der Waals surface area contributed by atoms with Crippen LogP contribution in [-0.2, 0) is 0 Å². The normalized spacial score (nSPS) is 17.6. The first kappa shape index (κ1) is 11.3. The predicted molar refractivity (Wildman–Crippen MR) is 59.0 cm³/mol. The summed E-state index contributed by atoms with van der Waals surface area (Å²) < 4.78 is 12.6. The van der Waals surface area contributed by atoms with Gasteiger partial charge in [-0.3, -0.25) is 4.79 Å². The van der Waals surface area contributed by atoms with Gasteiger partial charge in [-0.15, -0.1) is 11.6 Å². The van der Waals surface area contributed by atoms with Crippen LogP contribution in [0.15, 0.2) is 18.3 Å². The maximum absolute atomic E-state index is 12.6. The van der Waals surface area contributed by atoms with Gasteiger partial charge in [-0.05, 0) is 31.4 Å². The molecule has 3 nitrogen and oxygen atoms in total. The zero-order valence-electron chi connectivity index (χ0n) is 8.67. The van der Waals surface area contributed by atoms with E-state index >= 15 is 0 Å². The Morgan fingerprint density at radius 2 is 2.31 bits per heavy atom. The van der Waals surface area contributed by atoms with Gasteiger partial charge in [0, 0.05) is 5.88 Å². The maximum Gasteiger partial charge on any atom is 0.270 e. The third-order valence-electron chi connectivity index (χ3n) is 2.91. The number of carbonyl (C=O) groups is 1. The molecule has 86 valence electrons. The van der Waals surface area contributed by atoms with Crippen molar-refractivity contribution in [3.8, 4) is 0 Å². The standard InChI is InChI=1S/C11H12ClFN2O/c12-7-11(4-1-5-11)15-10(16)9-3-2-8(13)6-14-9/h2-3,6H,1,4-5,7H2,(H,15,16). The van der Waals surface area contributed by atoms with Crippen LogP contribution >= 0.6 is 11.6 Å². The van der Waals surface area contributed by atoms with Crippen LogP contribution in [0.3, 0.4) is 0 Å². The second kappa shape index (κ2) is 4.37. The Morgan fingerprint density at radius 1 is 1.56 bits per heavy atom. The number of nitrogens with one attached hydrogen (secondary N) is 1. The fourth-order valence-corrected chi connectivity index (χ4v) is 2.04. The molecule has 1 aromatic heterocycles. The largest absolute Gasteiger partial charge is 0.344 e. The minimum Gasteiger partial charge on any atom is -0.344 e. The van der Waals surface area contributed by atoms with Crippen molar-refractivity contribution in [3.63, 3.8) is 0 Å². The topological polar surface area (TPSA) is 42.0 Å². The number of amides is 1. The fourth-order valence-electron chi connectivity index (χ4n) is 1.71. The van der Waals surface area contributed by atoms with E-state index in [1.807, 2.05) is 0 Å². The van der Waals surface area contributed by atoms with Gasteiger partial charge >= 0.3 is 0 Å². The molecule has 1 aliphatic carbocycles. The van der Waals surface area contributed by atoms with Crippen LogP contribution in [0, 0.1) is 5.82 Å². The summed E-state index contributed by atoms with van der Waals surface area (Å²) in [7, 11) is 0. The lowest BCUT2D eigenvalue weighted by Crippen LogP contribution is -2.55. The third kappa shape index (κ3) is 2.16. The van der Waals surface area contributed by atoms with Crippen LogP contribution in [-0.4, -0.2) is 22.3 Å². The SMILES string of the molecule is O=C(NC1(CCl)CCC1)c1ccc(F)cn1. The van der Waals surface area contributed by atoms with Gasteiger partial charge in [0.1, 0.15) is 11.5 Å². The maximum atomic E-state index is 12.6. The van der Waals surface area contributed by atoms with Crippen LogP contribution in [0.2, 0.25) is 0 Å². The van der Waals surface area contributed by atoms with Gasteiger partial charge in [0.05, 0.1) is 11.7 Å². The van der Waals surface area contributed by atoms with Gasteiger partial charge in [-0.25, -0.2) is 9.37 Å². The van der Waals surface area contributed by atoms with Crippen molar-refractivity contribution in [2.45, 2.75) is 24.8 Å². The van der Waals surface area contributed by atoms with Crippen molar-refractivity contribution < 1.29 is 9.18 Å². The molecule has 16 heavy (non-hydrogen) atoms. The molecule has 5 heteroatoms. The second-order valence-corrected chi connectivity index (χ2v) is 4.35. The number of pyridine rings is 1. The molecule has 0 atom stereocenters. The summed E-state index contributed by atoms with van der Waals surface area (Å²) in [6.07, 6.45) is 3.89. The lowest BCUT2D eigenvalue weighted by Gasteiger charge is -2.40. The van der Waals surface area contributed by atoms with Crippen molar-refractivity contribution >= 4 is 17.5 Å². The minimum absolute atomic E-state index is 0.220. The molecule has 0 bridgehead atoms. The summed E-state index contributed by atoms with van der Waals surface area (Å²) in [5.74, 6) is -0.340. The Hall–Kier alpha value is -1.16. The average molecular weight is 243 g/mol. The average Bonchev–Trinajstić information content (AvgIpc) is 2.24. The number of carbonyl (C=O) groups excluding carboxylic acids is 1. The molecule has 0 aliphatic heterocycles. The lowest BCUT2D eigenvalue weighted by atomic mass is 9.78. The van der Waals surface area contributed by atoms with Crippen LogP contribution < -0.4 is 5.32 Å². The Balaban J connectivity index is 2.05. The molecule has 0 unspecified atom stereocenters. The van der Waals surface area contributed by atoms with Crippen molar-refractivity contribution in [2.75, 3.05) is 5.88 Å². The highest BCUT2D eigenvalue weighted by atomic mass is 35.5. The highest BCUT2D eigenvalue weighted by Gasteiger charge is 2.37. The molecule has 0 aromatic carbocycles. The van der Waals surface area contributed by atoms with E-state index in [0.29, 0.717) is 5.88 Å². The smallest absolute Gasteiger partial charge is 0.270 e. The number of alkyl halides is 1. The summed E-state index contributed by atoms with van der Waals surface area (Å²) >= 11 is 5.82. The molecular formula is C11H12ClFN2O. The van der Waals surface area contributed by atoms with E-state index in [4.69, 9.17) is 11.6 Å². The summed E-state index contributed by atoms with van der Waals surface area (Å²) in [5, 5.41) is 2.86. The van der Waals surface area contributed by atoms with Crippen LogP contribution in [0.5, 0.6) is 0 Å². The van der Waals surface area contributed by atoms with E-state index in [-0.39, 0.29) is 17.1 Å². The molecule has 1 saturated carbocycles. The number of nitrogens with zero attached hydrogens (tertiary/aromatic N) is 1. The van der Waals surface area contributed by atoms with E-state index in [1.54, 1.807) is 0 Å². The van der Waals surface area contributed by atoms with Crippen LogP contribution in [0.1, 0.15) is 29.8 Å². The molecular weight excluding hydrogens is 231 g/mol. The Morgan fingerprint density at radius 3 is 2.75 bits per heavy atom. The van der Waals surface area contributed by atoms with Gasteiger partial charge in [0.25, 0.3) is 5.91 Å². The molecule has 1 heterocycles. The van der Waals surface area contributed by atoms with Crippen molar-refractivity contribution in [3.05, 3.63) is 29.8 Å². The molecule has 1 aromatic rings. The number of hydrogen-bond donors (Lipinski definition) is 1. The quantitative estimate of drug-likeness (QED) is 0.825. The number of rotatable bonds is 3. The third-order valence-corrected chi connectivity index (χ3v) is 3.42. The molecule has 1 N–H and O–H groups in total. The molecule has 2 rings (SSSR count). The highest BCUT2D eigenvalue weighted by molar-refractivity contribution is 6.19. The molecule has 0 radical (unpaired) electrons. The van der Waals surface area contributed by atoms with Gasteiger partial charge in [0.2, 0.25) is 0 Å². The Bertz CT molecular complexity index is 384. The lowest BCUT2D eigenvalue weighted by molar-refractivity contribution is 0.0848. The van der Waals surface area contributed by atoms with E-state index < -0.39 is 5.82 Å². The zero-order valence-corrected chi connectivity index (χ0v) is 9.43. The van der Waals surface area contributed by atoms with Crippen molar-refractivity contribution in [1.82, 2.24) is 10.3 Å². The van der Waals surface area contributed by atoms with E-state index in [9.17, 15) is 9.18 Å². The number of halogens is 2. The summed E-state index contributed by atoms with van der Waals surface area (Å²) in [5.41, 5.74) is -0.0629. The van der Waals surface area contributed by atoms with Crippen LogP contribution in [0.25, 0.3) is 0 Å². The van der Waals surface area contributed by atoms with Gasteiger partial charge in [0.15, 0.2) is 0 Å². The molecule has 0 spiro atoms. The van der Waals surface area contributed by atoms with Crippen molar-refractivity contribution in [1.29, 1.82) is 0 Å². The molecule has 1 amide bonds. The minimum atomic E-state index is -0.452. The predicted octanol–water partition coefficient (Wildman–Crippen LogP) is 2.11. The van der Waals surface area contributed by atoms with Gasteiger partial charge in [-0.1, -0.05) is 0 Å². The summed E-state index contributed by atoms with van der Waals surface area (Å²) in [6.45, 7) is 0. The summed E-state index contributed by atoms with van der Waals surface area (Å²) in [4.78, 5) is 15.5. The van der Waals surface area contributed by atoms with E-state index in [1.165, 1.54) is 12.1 Å².